The number of amides is 1. The smallest absolute Gasteiger partial charge is 0.266 e. The highest BCUT2D eigenvalue weighted by atomic mass is 32.2. The van der Waals surface area contributed by atoms with Crippen molar-refractivity contribution in [3.05, 3.63) is 33.7 Å². The van der Waals surface area contributed by atoms with Crippen molar-refractivity contribution in [1.82, 2.24) is 4.90 Å². The number of thioether (sulfide) groups is 1. The number of hydrogen-bond donors (Lipinski definition) is 1. The summed E-state index contributed by atoms with van der Waals surface area (Å²) in [5.74, 6) is 0.321. The van der Waals surface area contributed by atoms with Gasteiger partial charge in [-0.15, -0.1) is 0 Å². The first kappa shape index (κ1) is 22.0. The molecule has 1 fully saturated rings. The maximum Gasteiger partial charge on any atom is 0.266 e. The molecule has 27 heavy (non-hydrogen) atoms. The fraction of sp³-hybridized carbons (Fsp3) is 0.545. The molecule has 3 nitrogen and oxygen atoms in total. The number of benzene rings is 1. The quantitative estimate of drug-likeness (QED) is 0.495. The summed E-state index contributed by atoms with van der Waals surface area (Å²) >= 11 is 6.79. The second kappa shape index (κ2) is 7.59. The van der Waals surface area contributed by atoms with Crippen molar-refractivity contribution in [2.24, 2.45) is 0 Å². The lowest BCUT2D eigenvalue weighted by atomic mass is 9.78. The molecule has 1 N–H and O–H groups in total. The Hall–Kier alpha value is -1.33. The van der Waals surface area contributed by atoms with E-state index in [1.54, 1.807) is 4.90 Å². The number of rotatable bonds is 3. The monoisotopic (exact) mass is 405 g/mol. The van der Waals surface area contributed by atoms with Crippen molar-refractivity contribution in [3.63, 3.8) is 0 Å². The van der Waals surface area contributed by atoms with E-state index in [9.17, 15) is 9.90 Å². The van der Waals surface area contributed by atoms with Crippen LogP contribution in [0, 0.1) is 0 Å². The van der Waals surface area contributed by atoms with E-state index >= 15 is 0 Å². The van der Waals surface area contributed by atoms with Crippen LogP contribution in [0.3, 0.4) is 0 Å². The summed E-state index contributed by atoms with van der Waals surface area (Å²) in [7, 11) is 0. The fourth-order valence-electron chi connectivity index (χ4n) is 3.08. The number of thiocarbonyl (C=S) groups is 1. The first-order valence-corrected chi connectivity index (χ1v) is 10.6. The SMILES string of the molecule is CCC(C)N1C(=O)/C(=C/c2cc(C(C)(C)C)c(O)c(C(C)(C)C)c2)SC1=S. The van der Waals surface area contributed by atoms with Gasteiger partial charge in [-0.25, -0.2) is 0 Å². The molecule has 0 aromatic heterocycles. The van der Waals surface area contributed by atoms with E-state index in [1.807, 2.05) is 25.1 Å². The first-order valence-electron chi connectivity index (χ1n) is 9.42. The van der Waals surface area contributed by atoms with Crippen LogP contribution in [-0.2, 0) is 15.6 Å². The van der Waals surface area contributed by atoms with Crippen LogP contribution in [0.15, 0.2) is 17.0 Å². The van der Waals surface area contributed by atoms with Gasteiger partial charge in [-0.1, -0.05) is 72.4 Å². The Bertz CT molecular complexity index is 763. The van der Waals surface area contributed by atoms with Crippen LogP contribution >= 0.6 is 24.0 Å². The molecule has 148 valence electrons. The number of aromatic hydroxyl groups is 1. The summed E-state index contributed by atoms with van der Waals surface area (Å²) in [5.41, 5.74) is 2.29. The van der Waals surface area contributed by atoms with E-state index in [0.29, 0.717) is 15.0 Å². The molecule has 1 atom stereocenters. The summed E-state index contributed by atoms with van der Waals surface area (Å²) in [6, 6.07) is 4.07. The summed E-state index contributed by atoms with van der Waals surface area (Å²) < 4.78 is 0.617. The third kappa shape index (κ3) is 4.57. The molecule has 1 aromatic rings. The molecular formula is C22H31NO2S2. The molecule has 1 heterocycles. The predicted molar refractivity (Wildman–Crippen MR) is 120 cm³/mol. The van der Waals surface area contributed by atoms with E-state index < -0.39 is 0 Å². The van der Waals surface area contributed by atoms with Crippen LogP contribution < -0.4 is 0 Å². The molecule has 1 amide bonds. The van der Waals surface area contributed by atoms with Crippen molar-refractivity contribution >= 4 is 40.3 Å². The molecule has 0 bridgehead atoms. The Morgan fingerprint density at radius 2 is 1.63 bits per heavy atom. The third-order valence-electron chi connectivity index (χ3n) is 4.90. The Morgan fingerprint density at radius 3 is 2.04 bits per heavy atom. The molecule has 1 unspecified atom stereocenters. The topological polar surface area (TPSA) is 40.5 Å². The molecule has 0 aliphatic carbocycles. The van der Waals surface area contributed by atoms with Gasteiger partial charge in [-0.05, 0) is 47.9 Å². The van der Waals surface area contributed by atoms with Gasteiger partial charge in [0.2, 0.25) is 0 Å². The molecule has 1 aromatic carbocycles. The van der Waals surface area contributed by atoms with Crippen molar-refractivity contribution in [3.8, 4) is 5.75 Å². The molecule has 1 saturated heterocycles. The average Bonchev–Trinajstić information content (AvgIpc) is 2.80. The second-order valence-electron chi connectivity index (χ2n) is 9.27. The van der Waals surface area contributed by atoms with Crippen molar-refractivity contribution in [2.75, 3.05) is 0 Å². The minimum absolute atomic E-state index is 0.0259. The maximum absolute atomic E-state index is 12.9. The third-order valence-corrected chi connectivity index (χ3v) is 6.23. The van der Waals surface area contributed by atoms with E-state index in [2.05, 4.69) is 48.5 Å². The summed E-state index contributed by atoms with van der Waals surface area (Å²) in [5, 5.41) is 10.9. The molecule has 0 spiro atoms. The molecule has 1 aliphatic heterocycles. The fourth-order valence-corrected chi connectivity index (χ4v) is 4.54. The first-order chi connectivity index (χ1) is 12.3. The van der Waals surface area contributed by atoms with E-state index in [4.69, 9.17) is 12.2 Å². The summed E-state index contributed by atoms with van der Waals surface area (Å²) in [4.78, 5) is 15.2. The van der Waals surface area contributed by atoms with E-state index in [0.717, 1.165) is 23.1 Å². The maximum atomic E-state index is 12.9. The van der Waals surface area contributed by atoms with Crippen LogP contribution in [-0.4, -0.2) is 26.3 Å². The zero-order valence-electron chi connectivity index (χ0n) is 17.6. The van der Waals surface area contributed by atoms with Crippen LogP contribution in [0.4, 0.5) is 0 Å². The minimum Gasteiger partial charge on any atom is -0.507 e. The van der Waals surface area contributed by atoms with Gasteiger partial charge in [-0.3, -0.25) is 9.69 Å². The number of nitrogens with zero attached hydrogens (tertiary/aromatic N) is 1. The van der Waals surface area contributed by atoms with Gasteiger partial charge < -0.3 is 5.11 Å². The lowest BCUT2D eigenvalue weighted by Crippen LogP contribution is -2.36. The molecule has 1 aliphatic rings. The highest BCUT2D eigenvalue weighted by Crippen LogP contribution is 2.41. The van der Waals surface area contributed by atoms with Gasteiger partial charge in [-0.2, -0.15) is 0 Å². The second-order valence-corrected chi connectivity index (χ2v) is 10.9. The van der Waals surface area contributed by atoms with Gasteiger partial charge in [0, 0.05) is 17.2 Å². The van der Waals surface area contributed by atoms with Gasteiger partial charge in [0.25, 0.3) is 5.91 Å². The highest BCUT2D eigenvalue weighted by molar-refractivity contribution is 8.26. The van der Waals surface area contributed by atoms with Crippen molar-refractivity contribution in [2.45, 2.75) is 78.7 Å². The molecule has 5 heteroatoms. The van der Waals surface area contributed by atoms with Crippen molar-refractivity contribution < 1.29 is 9.90 Å². The predicted octanol–water partition coefficient (Wildman–Crippen LogP) is 5.99. The highest BCUT2D eigenvalue weighted by Gasteiger charge is 2.35. The van der Waals surface area contributed by atoms with Gasteiger partial charge in [0.05, 0.1) is 4.91 Å². The zero-order chi connectivity index (χ0) is 20.7. The average molecular weight is 406 g/mol. The normalized spacial score (nSPS) is 18.5. The number of phenolic OH excluding ortho intramolecular Hbond substituents is 1. The van der Waals surface area contributed by atoms with Crippen LogP contribution in [0.25, 0.3) is 6.08 Å². The summed E-state index contributed by atoms with van der Waals surface area (Å²) in [6.07, 6.45) is 2.77. The number of carbonyl (C=O) groups excluding carboxylic acids is 1. The number of hydrogen-bond acceptors (Lipinski definition) is 4. The van der Waals surface area contributed by atoms with E-state index in [1.165, 1.54) is 11.8 Å². The van der Waals surface area contributed by atoms with Crippen LogP contribution in [0.2, 0.25) is 0 Å². The van der Waals surface area contributed by atoms with Gasteiger partial charge in [0.1, 0.15) is 10.1 Å². The molecule has 0 saturated carbocycles. The van der Waals surface area contributed by atoms with Crippen LogP contribution in [0.5, 0.6) is 5.75 Å². The largest absolute Gasteiger partial charge is 0.507 e. The summed E-state index contributed by atoms with van der Waals surface area (Å²) in [6.45, 7) is 16.6. The Kier molecular flexibility index (Phi) is 6.18. The molecular weight excluding hydrogens is 374 g/mol. The lowest BCUT2D eigenvalue weighted by molar-refractivity contribution is -0.123. The number of phenols is 1. The Labute approximate surface area is 173 Å². The Balaban J connectivity index is 2.58. The lowest BCUT2D eigenvalue weighted by Gasteiger charge is -2.28. The molecule has 0 radical (unpaired) electrons. The molecule has 2 rings (SSSR count). The number of carbonyl (C=O) groups is 1. The van der Waals surface area contributed by atoms with E-state index in [-0.39, 0.29) is 22.8 Å². The standard InChI is InChI=1S/C22H31NO2S2/c1-9-13(2)23-19(25)17(27-20(23)26)12-14-10-15(21(3,4)5)18(24)16(11-14)22(6,7)8/h10-13,24H,9H2,1-8H3/b17-12-. The van der Waals surface area contributed by atoms with Crippen molar-refractivity contribution in [1.29, 1.82) is 0 Å². The van der Waals surface area contributed by atoms with Gasteiger partial charge >= 0.3 is 0 Å². The zero-order valence-corrected chi connectivity index (χ0v) is 19.3. The van der Waals surface area contributed by atoms with Gasteiger partial charge in [0.15, 0.2) is 0 Å². The minimum atomic E-state index is -0.205. The Morgan fingerprint density at radius 1 is 1.15 bits per heavy atom. The van der Waals surface area contributed by atoms with Crippen LogP contribution in [0.1, 0.15) is 78.5 Å².